The minimum Gasteiger partial charge on any atom is -0.322 e. The summed E-state index contributed by atoms with van der Waals surface area (Å²) in [6, 6.07) is 20.9. The number of benzene rings is 2. The van der Waals surface area contributed by atoms with Gasteiger partial charge in [-0.25, -0.2) is 4.79 Å². The van der Waals surface area contributed by atoms with Gasteiger partial charge in [0.2, 0.25) is 0 Å². The molecule has 4 heteroatoms. The van der Waals surface area contributed by atoms with Gasteiger partial charge in [0, 0.05) is 23.8 Å². The molecule has 0 bridgehead atoms. The number of para-hydroxylation sites is 2. The molecule has 0 spiro atoms. The first-order chi connectivity index (χ1) is 10.3. The van der Waals surface area contributed by atoms with E-state index in [-0.39, 0.29) is 6.03 Å². The summed E-state index contributed by atoms with van der Waals surface area (Å²) >= 11 is 0. The lowest BCUT2D eigenvalue weighted by Gasteiger charge is -2.06. The highest BCUT2D eigenvalue weighted by molar-refractivity contribution is 5.99. The second-order valence-electron chi connectivity index (χ2n) is 4.59. The number of amides is 2. The van der Waals surface area contributed by atoms with Crippen LogP contribution in [0.3, 0.4) is 0 Å². The van der Waals surface area contributed by atoms with Crippen LogP contribution in [0, 0.1) is 0 Å². The third-order valence-corrected chi connectivity index (χ3v) is 3.04. The van der Waals surface area contributed by atoms with Crippen molar-refractivity contribution in [1.82, 2.24) is 4.57 Å². The van der Waals surface area contributed by atoms with Crippen LogP contribution in [-0.2, 0) is 0 Å². The maximum absolute atomic E-state index is 11.9. The Morgan fingerprint density at radius 2 is 1.38 bits per heavy atom. The number of carbonyl (C=O) groups excluding carboxylic acids is 1. The number of urea groups is 1. The van der Waals surface area contributed by atoms with Crippen LogP contribution in [0.1, 0.15) is 0 Å². The summed E-state index contributed by atoms with van der Waals surface area (Å²) in [4.78, 5) is 11.9. The van der Waals surface area contributed by atoms with Crippen LogP contribution in [0.5, 0.6) is 0 Å². The van der Waals surface area contributed by atoms with Crippen molar-refractivity contribution in [3.8, 4) is 5.69 Å². The van der Waals surface area contributed by atoms with E-state index in [1.54, 1.807) is 0 Å². The SMILES string of the molecule is O=C(Nc1ccccc1)Nc1ccn(-c2ccccc2)c1. The van der Waals surface area contributed by atoms with Crippen molar-refractivity contribution < 1.29 is 4.79 Å². The zero-order valence-electron chi connectivity index (χ0n) is 11.4. The highest BCUT2D eigenvalue weighted by Crippen LogP contribution is 2.14. The Kier molecular flexibility index (Phi) is 3.69. The number of hydrogen-bond donors (Lipinski definition) is 2. The highest BCUT2D eigenvalue weighted by atomic mass is 16.2. The van der Waals surface area contributed by atoms with E-state index in [4.69, 9.17) is 0 Å². The van der Waals surface area contributed by atoms with Gasteiger partial charge in [0.1, 0.15) is 0 Å². The van der Waals surface area contributed by atoms with Crippen LogP contribution < -0.4 is 10.6 Å². The minimum absolute atomic E-state index is 0.257. The lowest BCUT2D eigenvalue weighted by Crippen LogP contribution is -2.18. The fourth-order valence-corrected chi connectivity index (χ4v) is 2.05. The predicted octanol–water partition coefficient (Wildman–Crippen LogP) is 4.12. The van der Waals surface area contributed by atoms with Crippen LogP contribution in [0.25, 0.3) is 5.69 Å². The average Bonchev–Trinajstić information content (AvgIpc) is 2.97. The zero-order valence-corrected chi connectivity index (χ0v) is 11.4. The number of nitrogens with one attached hydrogen (secondary N) is 2. The Labute approximate surface area is 123 Å². The van der Waals surface area contributed by atoms with Gasteiger partial charge in [-0.2, -0.15) is 0 Å². The Bertz CT molecular complexity index is 720. The average molecular weight is 277 g/mol. The van der Waals surface area contributed by atoms with Crippen LogP contribution in [-0.4, -0.2) is 10.6 Å². The van der Waals surface area contributed by atoms with Gasteiger partial charge in [-0.05, 0) is 30.3 Å². The molecule has 2 N–H and O–H groups in total. The van der Waals surface area contributed by atoms with E-state index in [1.165, 1.54) is 0 Å². The van der Waals surface area contributed by atoms with Crippen LogP contribution >= 0.6 is 0 Å². The van der Waals surface area contributed by atoms with Crippen molar-refractivity contribution in [3.05, 3.63) is 79.1 Å². The van der Waals surface area contributed by atoms with Crippen molar-refractivity contribution in [2.45, 2.75) is 0 Å². The number of nitrogens with zero attached hydrogens (tertiary/aromatic N) is 1. The van der Waals surface area contributed by atoms with Gasteiger partial charge in [0.15, 0.2) is 0 Å². The normalized spacial score (nSPS) is 10.1. The molecule has 3 rings (SSSR count). The van der Waals surface area contributed by atoms with Crippen LogP contribution in [0.2, 0.25) is 0 Å². The smallest absolute Gasteiger partial charge is 0.322 e. The Balaban J connectivity index is 1.66. The molecule has 2 amide bonds. The van der Waals surface area contributed by atoms with Crippen LogP contribution in [0.15, 0.2) is 79.1 Å². The van der Waals surface area contributed by atoms with E-state index in [1.807, 2.05) is 83.7 Å². The fourth-order valence-electron chi connectivity index (χ4n) is 2.05. The molecule has 4 nitrogen and oxygen atoms in total. The summed E-state index contributed by atoms with van der Waals surface area (Å²) in [6.45, 7) is 0. The number of anilines is 2. The fraction of sp³-hybridized carbons (Fsp3) is 0. The molecule has 0 atom stereocenters. The molecule has 0 saturated heterocycles. The molecule has 1 aromatic heterocycles. The molecular formula is C17H15N3O. The molecule has 0 aliphatic heterocycles. The highest BCUT2D eigenvalue weighted by Gasteiger charge is 2.04. The van der Waals surface area contributed by atoms with Crippen LogP contribution in [0.4, 0.5) is 16.2 Å². The molecule has 0 saturated carbocycles. The second kappa shape index (κ2) is 5.96. The van der Waals surface area contributed by atoms with E-state index in [0.717, 1.165) is 17.1 Å². The third kappa shape index (κ3) is 3.30. The molecule has 3 aromatic rings. The first-order valence-electron chi connectivity index (χ1n) is 6.68. The zero-order chi connectivity index (χ0) is 14.5. The molecule has 0 aliphatic rings. The van der Waals surface area contributed by atoms with Gasteiger partial charge in [0.05, 0.1) is 5.69 Å². The van der Waals surface area contributed by atoms with E-state index in [2.05, 4.69) is 10.6 Å². The van der Waals surface area contributed by atoms with Gasteiger partial charge >= 0.3 is 6.03 Å². The molecule has 0 unspecified atom stereocenters. The number of aromatic nitrogens is 1. The summed E-state index contributed by atoms with van der Waals surface area (Å²) in [6.07, 6.45) is 3.79. The largest absolute Gasteiger partial charge is 0.323 e. The van der Waals surface area contributed by atoms with Crippen molar-refractivity contribution >= 4 is 17.4 Å². The molecule has 2 aromatic carbocycles. The number of hydrogen-bond acceptors (Lipinski definition) is 1. The second-order valence-corrected chi connectivity index (χ2v) is 4.59. The standard InChI is InChI=1S/C17H15N3O/c21-17(18-14-7-3-1-4-8-14)19-15-11-12-20(13-15)16-9-5-2-6-10-16/h1-13H,(H2,18,19,21). The van der Waals surface area contributed by atoms with Gasteiger partial charge < -0.3 is 15.2 Å². The van der Waals surface area contributed by atoms with Gasteiger partial charge in [0.25, 0.3) is 0 Å². The maximum atomic E-state index is 11.9. The monoisotopic (exact) mass is 277 g/mol. The quantitative estimate of drug-likeness (QED) is 0.743. The van der Waals surface area contributed by atoms with Crippen molar-refractivity contribution in [3.63, 3.8) is 0 Å². The van der Waals surface area contributed by atoms with E-state index < -0.39 is 0 Å². The molecule has 0 aliphatic carbocycles. The lowest BCUT2D eigenvalue weighted by atomic mass is 10.3. The lowest BCUT2D eigenvalue weighted by molar-refractivity contribution is 0.262. The van der Waals surface area contributed by atoms with E-state index in [9.17, 15) is 4.79 Å². The Morgan fingerprint density at radius 3 is 2.10 bits per heavy atom. The number of rotatable bonds is 3. The maximum Gasteiger partial charge on any atom is 0.323 e. The molecule has 1 heterocycles. The molecule has 0 fully saturated rings. The molecular weight excluding hydrogens is 262 g/mol. The number of carbonyl (C=O) groups is 1. The Morgan fingerprint density at radius 1 is 0.762 bits per heavy atom. The van der Waals surface area contributed by atoms with E-state index in [0.29, 0.717) is 0 Å². The molecule has 21 heavy (non-hydrogen) atoms. The van der Waals surface area contributed by atoms with Gasteiger partial charge in [-0.1, -0.05) is 36.4 Å². The first kappa shape index (κ1) is 13.0. The minimum atomic E-state index is -0.257. The summed E-state index contributed by atoms with van der Waals surface area (Å²) in [5.74, 6) is 0. The van der Waals surface area contributed by atoms with Gasteiger partial charge in [-0.15, -0.1) is 0 Å². The summed E-state index contributed by atoms with van der Waals surface area (Å²) < 4.78 is 1.96. The predicted molar refractivity (Wildman–Crippen MR) is 84.9 cm³/mol. The summed E-state index contributed by atoms with van der Waals surface area (Å²) in [7, 11) is 0. The van der Waals surface area contributed by atoms with Crippen molar-refractivity contribution in [2.24, 2.45) is 0 Å². The first-order valence-corrected chi connectivity index (χ1v) is 6.68. The third-order valence-electron chi connectivity index (χ3n) is 3.04. The van der Waals surface area contributed by atoms with Crippen molar-refractivity contribution in [2.75, 3.05) is 10.6 Å². The summed E-state index contributed by atoms with van der Waals surface area (Å²) in [5, 5.41) is 5.59. The Hall–Kier alpha value is -3.01. The topological polar surface area (TPSA) is 46.1 Å². The van der Waals surface area contributed by atoms with Gasteiger partial charge in [-0.3, -0.25) is 0 Å². The van der Waals surface area contributed by atoms with E-state index >= 15 is 0 Å². The summed E-state index contributed by atoms with van der Waals surface area (Å²) in [5.41, 5.74) is 2.55. The molecule has 104 valence electrons. The van der Waals surface area contributed by atoms with Crippen molar-refractivity contribution in [1.29, 1.82) is 0 Å². The molecule has 0 radical (unpaired) electrons.